The highest BCUT2D eigenvalue weighted by molar-refractivity contribution is 7.92. The van der Waals surface area contributed by atoms with Crippen molar-refractivity contribution in [3.63, 3.8) is 0 Å². The van der Waals surface area contributed by atoms with Gasteiger partial charge in [0.25, 0.3) is 5.91 Å². The van der Waals surface area contributed by atoms with E-state index in [1.807, 2.05) is 0 Å². The van der Waals surface area contributed by atoms with Gasteiger partial charge in [0.05, 0.1) is 15.8 Å². The lowest BCUT2D eigenvalue weighted by Crippen LogP contribution is -2.38. The second-order valence-corrected chi connectivity index (χ2v) is 9.75. The van der Waals surface area contributed by atoms with E-state index in [2.05, 4.69) is 10.6 Å². The average molecular weight is 394 g/mol. The number of carbonyl (C=O) groups is 2. The van der Waals surface area contributed by atoms with E-state index < -0.39 is 15.1 Å². The molecule has 0 bridgehead atoms. The minimum absolute atomic E-state index is 0.0764. The van der Waals surface area contributed by atoms with Crippen molar-refractivity contribution in [3.05, 3.63) is 17.7 Å². The Labute approximate surface area is 159 Å². The lowest BCUT2D eigenvalue weighted by atomic mass is 9.95. The zero-order valence-corrected chi connectivity index (χ0v) is 16.5. The predicted molar refractivity (Wildman–Crippen MR) is 102 cm³/mol. The SMILES string of the molecule is Cc1cc2c(cc1S(=O)(=O)C(C)CC(=O)NC1CCCCC1)OCC(=O)N2. The molecule has 3 rings (SSSR count). The number of amides is 2. The van der Waals surface area contributed by atoms with Crippen LogP contribution in [0.1, 0.15) is 51.0 Å². The van der Waals surface area contributed by atoms with Gasteiger partial charge in [-0.05, 0) is 38.3 Å². The summed E-state index contributed by atoms with van der Waals surface area (Å²) in [6.07, 6.45) is 5.23. The van der Waals surface area contributed by atoms with Crippen LogP contribution in [0.4, 0.5) is 5.69 Å². The zero-order valence-electron chi connectivity index (χ0n) is 15.7. The van der Waals surface area contributed by atoms with Crippen molar-refractivity contribution in [3.8, 4) is 5.75 Å². The molecule has 0 spiro atoms. The minimum Gasteiger partial charge on any atom is -0.482 e. The number of hydrogen-bond acceptors (Lipinski definition) is 5. The molecule has 0 saturated heterocycles. The Morgan fingerprint density at radius 2 is 2.00 bits per heavy atom. The molecule has 2 N–H and O–H groups in total. The lowest BCUT2D eigenvalue weighted by Gasteiger charge is -2.24. The van der Waals surface area contributed by atoms with Gasteiger partial charge in [0, 0.05) is 18.5 Å². The summed E-state index contributed by atoms with van der Waals surface area (Å²) in [5.74, 6) is -0.167. The molecule has 0 radical (unpaired) electrons. The molecule has 1 fully saturated rings. The highest BCUT2D eigenvalue weighted by Crippen LogP contribution is 2.34. The van der Waals surface area contributed by atoms with Crippen LogP contribution < -0.4 is 15.4 Å². The first-order valence-electron chi connectivity index (χ1n) is 9.38. The molecular formula is C19H26N2O5S. The molecule has 8 heteroatoms. The van der Waals surface area contributed by atoms with E-state index in [0.717, 1.165) is 25.7 Å². The first-order valence-corrected chi connectivity index (χ1v) is 10.9. The second-order valence-electron chi connectivity index (χ2n) is 7.41. The van der Waals surface area contributed by atoms with E-state index in [9.17, 15) is 18.0 Å². The molecule has 1 heterocycles. The fraction of sp³-hybridized carbons (Fsp3) is 0.579. The van der Waals surface area contributed by atoms with Gasteiger partial charge in [0.15, 0.2) is 16.4 Å². The smallest absolute Gasteiger partial charge is 0.262 e. The predicted octanol–water partition coefficient (Wildman–Crippen LogP) is 2.33. The lowest BCUT2D eigenvalue weighted by molar-refractivity contribution is -0.122. The number of hydrogen-bond donors (Lipinski definition) is 2. The van der Waals surface area contributed by atoms with Gasteiger partial charge >= 0.3 is 0 Å². The molecule has 1 aromatic carbocycles. The summed E-state index contributed by atoms with van der Waals surface area (Å²) in [5.41, 5.74) is 0.976. The Morgan fingerprint density at radius 1 is 1.30 bits per heavy atom. The number of benzene rings is 1. The van der Waals surface area contributed by atoms with Crippen molar-refractivity contribution in [2.24, 2.45) is 0 Å². The van der Waals surface area contributed by atoms with Crippen LogP contribution in [0.25, 0.3) is 0 Å². The maximum atomic E-state index is 13.0. The van der Waals surface area contributed by atoms with Crippen LogP contribution in [0.3, 0.4) is 0 Å². The summed E-state index contributed by atoms with van der Waals surface area (Å²) in [6.45, 7) is 3.08. The van der Waals surface area contributed by atoms with Gasteiger partial charge < -0.3 is 15.4 Å². The van der Waals surface area contributed by atoms with Crippen molar-refractivity contribution in [1.82, 2.24) is 5.32 Å². The molecule has 2 aliphatic rings. The highest BCUT2D eigenvalue weighted by atomic mass is 32.2. The Kier molecular flexibility index (Phi) is 5.74. The van der Waals surface area contributed by atoms with Gasteiger partial charge in [0.2, 0.25) is 5.91 Å². The Balaban J connectivity index is 1.73. The molecule has 1 aliphatic carbocycles. The third kappa shape index (κ3) is 4.43. The van der Waals surface area contributed by atoms with Crippen molar-refractivity contribution < 1.29 is 22.7 Å². The summed E-state index contributed by atoms with van der Waals surface area (Å²) in [4.78, 5) is 23.9. The van der Waals surface area contributed by atoms with Crippen LogP contribution in [-0.2, 0) is 19.4 Å². The number of nitrogens with one attached hydrogen (secondary N) is 2. The van der Waals surface area contributed by atoms with E-state index in [1.165, 1.54) is 12.5 Å². The summed E-state index contributed by atoms with van der Waals surface area (Å²) in [7, 11) is -3.71. The Hall–Kier alpha value is -2.09. The number of sulfone groups is 1. The van der Waals surface area contributed by atoms with E-state index in [4.69, 9.17) is 4.74 Å². The fourth-order valence-electron chi connectivity index (χ4n) is 3.64. The topological polar surface area (TPSA) is 102 Å². The first kappa shape index (κ1) is 19.7. The number of anilines is 1. The fourth-order valence-corrected chi connectivity index (χ4v) is 5.23. The normalized spacial score (nSPS) is 18.8. The average Bonchev–Trinajstić information content (AvgIpc) is 2.61. The number of aryl methyl sites for hydroxylation is 1. The third-order valence-corrected chi connectivity index (χ3v) is 7.47. The Bertz CT molecular complexity index is 844. The van der Waals surface area contributed by atoms with Gasteiger partial charge in [-0.2, -0.15) is 0 Å². The van der Waals surface area contributed by atoms with Crippen molar-refractivity contribution in [2.45, 2.75) is 68.6 Å². The molecule has 0 aromatic heterocycles. The second kappa shape index (κ2) is 7.88. The molecule has 148 valence electrons. The van der Waals surface area contributed by atoms with Crippen LogP contribution in [0.2, 0.25) is 0 Å². The van der Waals surface area contributed by atoms with E-state index in [1.54, 1.807) is 19.9 Å². The summed E-state index contributed by atoms with van der Waals surface area (Å²) >= 11 is 0. The van der Waals surface area contributed by atoms with Crippen LogP contribution >= 0.6 is 0 Å². The molecule has 1 saturated carbocycles. The summed E-state index contributed by atoms with van der Waals surface area (Å²) < 4.78 is 31.3. The van der Waals surface area contributed by atoms with Crippen molar-refractivity contribution in [2.75, 3.05) is 11.9 Å². The monoisotopic (exact) mass is 394 g/mol. The summed E-state index contributed by atoms with van der Waals surface area (Å²) in [5, 5.41) is 4.78. The molecule has 1 atom stereocenters. The summed E-state index contributed by atoms with van der Waals surface area (Å²) in [6, 6.07) is 3.19. The van der Waals surface area contributed by atoms with E-state index in [0.29, 0.717) is 17.0 Å². The maximum absolute atomic E-state index is 13.0. The number of fused-ring (bicyclic) bond motifs is 1. The standard InChI is InChI=1S/C19H26N2O5S/c1-12-8-15-16(26-11-19(23)21-15)10-17(12)27(24,25)13(2)9-18(22)20-14-6-4-3-5-7-14/h8,10,13-14H,3-7,9,11H2,1-2H3,(H,20,22)(H,21,23). The number of carbonyl (C=O) groups excluding carboxylic acids is 2. The third-order valence-electron chi connectivity index (χ3n) is 5.19. The van der Waals surface area contributed by atoms with Gasteiger partial charge in [-0.25, -0.2) is 8.42 Å². The molecule has 27 heavy (non-hydrogen) atoms. The van der Waals surface area contributed by atoms with Crippen LogP contribution in [0.15, 0.2) is 17.0 Å². The maximum Gasteiger partial charge on any atom is 0.262 e. The van der Waals surface area contributed by atoms with Crippen LogP contribution in [-0.4, -0.2) is 38.1 Å². The molecule has 7 nitrogen and oxygen atoms in total. The van der Waals surface area contributed by atoms with Crippen LogP contribution in [0, 0.1) is 6.92 Å². The van der Waals surface area contributed by atoms with Crippen molar-refractivity contribution in [1.29, 1.82) is 0 Å². The van der Waals surface area contributed by atoms with Crippen molar-refractivity contribution >= 4 is 27.3 Å². The van der Waals surface area contributed by atoms with Crippen LogP contribution in [0.5, 0.6) is 5.75 Å². The van der Waals surface area contributed by atoms with Gasteiger partial charge in [-0.3, -0.25) is 9.59 Å². The quantitative estimate of drug-likeness (QED) is 0.798. The first-order chi connectivity index (χ1) is 12.8. The minimum atomic E-state index is -3.71. The molecule has 1 unspecified atom stereocenters. The zero-order chi connectivity index (χ0) is 19.6. The number of ether oxygens (including phenoxy) is 1. The highest BCUT2D eigenvalue weighted by Gasteiger charge is 2.30. The van der Waals surface area contributed by atoms with Gasteiger partial charge in [0.1, 0.15) is 5.75 Å². The largest absolute Gasteiger partial charge is 0.482 e. The Morgan fingerprint density at radius 3 is 2.70 bits per heavy atom. The molecule has 2 amide bonds. The van der Waals surface area contributed by atoms with E-state index in [-0.39, 0.29) is 35.8 Å². The van der Waals surface area contributed by atoms with E-state index >= 15 is 0 Å². The van der Waals surface area contributed by atoms with Gasteiger partial charge in [-0.1, -0.05) is 19.3 Å². The molecular weight excluding hydrogens is 368 g/mol. The van der Waals surface area contributed by atoms with Gasteiger partial charge in [-0.15, -0.1) is 0 Å². The molecule has 1 aliphatic heterocycles. The number of rotatable bonds is 5. The molecule has 1 aromatic rings.